The first-order chi connectivity index (χ1) is 13.6. The number of carbonyl (C=O) groups excluding carboxylic acids is 1. The molecular weight excluding hydrogens is 378 g/mol. The number of anilines is 1. The predicted molar refractivity (Wildman–Crippen MR) is 110 cm³/mol. The molecule has 0 spiro atoms. The fourth-order valence-electron chi connectivity index (χ4n) is 2.61. The lowest BCUT2D eigenvalue weighted by atomic mass is 10.2. The Morgan fingerprint density at radius 1 is 0.929 bits per heavy atom. The van der Waals surface area contributed by atoms with Gasteiger partial charge in [-0.05, 0) is 36.4 Å². The molecule has 0 aromatic heterocycles. The molecular formula is C22H20ClNO4. The van der Waals surface area contributed by atoms with Gasteiger partial charge in [0.25, 0.3) is 5.91 Å². The molecule has 3 aromatic rings. The van der Waals surface area contributed by atoms with E-state index in [4.69, 9.17) is 25.8 Å². The number of amides is 1. The van der Waals surface area contributed by atoms with E-state index in [2.05, 4.69) is 5.32 Å². The number of methoxy groups -OCH3 is 2. The normalized spacial score (nSPS) is 10.2. The molecule has 0 aliphatic carbocycles. The van der Waals surface area contributed by atoms with Crippen molar-refractivity contribution in [3.8, 4) is 17.2 Å². The summed E-state index contributed by atoms with van der Waals surface area (Å²) in [5, 5.41) is 3.48. The molecule has 144 valence electrons. The molecule has 28 heavy (non-hydrogen) atoms. The standard InChI is InChI=1S/C22H20ClNO4/c1-26-17-10-11-21(27-2)20(13-17)24-22(25)15-7-5-8-18(12-15)28-14-16-6-3-4-9-19(16)23/h3-13H,14H2,1-2H3,(H,24,25). The van der Waals surface area contributed by atoms with Crippen LogP contribution in [0.4, 0.5) is 5.69 Å². The van der Waals surface area contributed by atoms with E-state index in [1.165, 1.54) is 0 Å². The summed E-state index contributed by atoms with van der Waals surface area (Å²) >= 11 is 6.15. The van der Waals surface area contributed by atoms with E-state index in [1.807, 2.05) is 24.3 Å². The van der Waals surface area contributed by atoms with Crippen molar-refractivity contribution in [3.63, 3.8) is 0 Å². The monoisotopic (exact) mass is 397 g/mol. The van der Waals surface area contributed by atoms with Gasteiger partial charge in [0.15, 0.2) is 0 Å². The third-order valence-electron chi connectivity index (χ3n) is 4.10. The van der Waals surface area contributed by atoms with E-state index >= 15 is 0 Å². The molecule has 1 amide bonds. The third-order valence-corrected chi connectivity index (χ3v) is 4.47. The summed E-state index contributed by atoms with van der Waals surface area (Å²) in [4.78, 5) is 12.7. The number of ether oxygens (including phenoxy) is 3. The van der Waals surface area contributed by atoms with Gasteiger partial charge in [0, 0.05) is 22.2 Å². The molecule has 3 rings (SSSR count). The highest BCUT2D eigenvalue weighted by Gasteiger charge is 2.12. The summed E-state index contributed by atoms with van der Waals surface area (Å²) in [5.74, 6) is 1.45. The van der Waals surface area contributed by atoms with Crippen molar-refractivity contribution in [2.45, 2.75) is 6.61 Å². The van der Waals surface area contributed by atoms with Crippen LogP contribution in [0.25, 0.3) is 0 Å². The van der Waals surface area contributed by atoms with Crippen LogP contribution >= 0.6 is 11.6 Å². The van der Waals surface area contributed by atoms with Crippen LogP contribution < -0.4 is 19.5 Å². The highest BCUT2D eigenvalue weighted by atomic mass is 35.5. The van der Waals surface area contributed by atoms with Crippen molar-refractivity contribution in [3.05, 3.63) is 82.9 Å². The number of benzene rings is 3. The molecule has 0 aliphatic rings. The molecule has 6 heteroatoms. The smallest absolute Gasteiger partial charge is 0.255 e. The first-order valence-electron chi connectivity index (χ1n) is 8.60. The highest BCUT2D eigenvalue weighted by Crippen LogP contribution is 2.29. The van der Waals surface area contributed by atoms with Crippen molar-refractivity contribution in [1.29, 1.82) is 0 Å². The minimum atomic E-state index is -0.283. The van der Waals surface area contributed by atoms with Gasteiger partial charge in [0.2, 0.25) is 0 Å². The van der Waals surface area contributed by atoms with Crippen LogP contribution in [0.15, 0.2) is 66.7 Å². The zero-order valence-electron chi connectivity index (χ0n) is 15.6. The van der Waals surface area contributed by atoms with Crippen LogP contribution in [0.5, 0.6) is 17.2 Å². The van der Waals surface area contributed by atoms with Crippen LogP contribution in [0.1, 0.15) is 15.9 Å². The second-order valence-corrected chi connectivity index (χ2v) is 6.34. The summed E-state index contributed by atoms with van der Waals surface area (Å²) in [6.45, 7) is 0.314. The SMILES string of the molecule is COc1ccc(OC)c(NC(=O)c2cccc(OCc3ccccc3Cl)c2)c1. The summed E-state index contributed by atoms with van der Waals surface area (Å²) in [7, 11) is 3.11. The number of nitrogens with one attached hydrogen (secondary N) is 1. The topological polar surface area (TPSA) is 56.8 Å². The number of rotatable bonds is 7. The Bertz CT molecular complexity index is 974. The molecule has 0 heterocycles. The second-order valence-electron chi connectivity index (χ2n) is 5.93. The fraction of sp³-hybridized carbons (Fsp3) is 0.136. The molecule has 0 fully saturated rings. The van der Waals surface area contributed by atoms with Crippen LogP contribution in [0.3, 0.4) is 0 Å². The van der Waals surface area contributed by atoms with Crippen LogP contribution in [0.2, 0.25) is 5.02 Å². The van der Waals surface area contributed by atoms with E-state index in [0.717, 1.165) is 5.56 Å². The van der Waals surface area contributed by atoms with Gasteiger partial charge in [0.05, 0.1) is 19.9 Å². The van der Waals surface area contributed by atoms with Crippen molar-refractivity contribution >= 4 is 23.2 Å². The van der Waals surface area contributed by atoms with Crippen LogP contribution in [-0.2, 0) is 6.61 Å². The maximum atomic E-state index is 12.7. The lowest BCUT2D eigenvalue weighted by molar-refractivity contribution is 0.102. The van der Waals surface area contributed by atoms with Crippen molar-refractivity contribution < 1.29 is 19.0 Å². The van der Waals surface area contributed by atoms with Crippen LogP contribution in [0, 0.1) is 0 Å². The van der Waals surface area contributed by atoms with Gasteiger partial charge >= 0.3 is 0 Å². The molecule has 0 saturated heterocycles. The number of carbonyl (C=O) groups is 1. The lowest BCUT2D eigenvalue weighted by Crippen LogP contribution is -2.13. The quantitative estimate of drug-likeness (QED) is 0.596. The molecule has 3 aromatic carbocycles. The van der Waals surface area contributed by atoms with Gasteiger partial charge in [-0.15, -0.1) is 0 Å². The van der Waals surface area contributed by atoms with Crippen molar-refractivity contribution in [2.24, 2.45) is 0 Å². The minimum Gasteiger partial charge on any atom is -0.497 e. The minimum absolute atomic E-state index is 0.283. The molecule has 1 N–H and O–H groups in total. The van der Waals surface area contributed by atoms with Crippen molar-refractivity contribution in [2.75, 3.05) is 19.5 Å². The fourth-order valence-corrected chi connectivity index (χ4v) is 2.80. The maximum Gasteiger partial charge on any atom is 0.255 e. The molecule has 0 atom stereocenters. The van der Waals surface area contributed by atoms with Crippen molar-refractivity contribution in [1.82, 2.24) is 0 Å². The summed E-state index contributed by atoms with van der Waals surface area (Å²) in [5.41, 5.74) is 1.86. The Kier molecular flexibility index (Phi) is 6.40. The van der Waals surface area contributed by atoms with Gasteiger partial charge in [-0.1, -0.05) is 35.9 Å². The maximum absolute atomic E-state index is 12.7. The average Bonchev–Trinajstić information content (AvgIpc) is 2.73. The first-order valence-corrected chi connectivity index (χ1v) is 8.98. The summed E-state index contributed by atoms with van der Waals surface area (Å²) in [6.07, 6.45) is 0. The zero-order chi connectivity index (χ0) is 19.9. The molecule has 0 saturated carbocycles. The second kappa shape index (κ2) is 9.15. The van der Waals surface area contributed by atoms with E-state index in [9.17, 15) is 4.79 Å². The average molecular weight is 398 g/mol. The van der Waals surface area contributed by atoms with Crippen LogP contribution in [-0.4, -0.2) is 20.1 Å². The van der Waals surface area contributed by atoms with E-state index in [1.54, 1.807) is 56.7 Å². The Balaban J connectivity index is 1.73. The summed E-state index contributed by atoms with van der Waals surface area (Å²) in [6, 6.07) is 19.6. The van der Waals surface area contributed by atoms with Gasteiger partial charge in [-0.2, -0.15) is 0 Å². The zero-order valence-corrected chi connectivity index (χ0v) is 16.3. The summed E-state index contributed by atoms with van der Waals surface area (Å²) < 4.78 is 16.3. The number of hydrogen-bond acceptors (Lipinski definition) is 4. The Morgan fingerprint density at radius 2 is 1.75 bits per heavy atom. The molecule has 0 aliphatic heterocycles. The Hall–Kier alpha value is -3.18. The molecule has 0 bridgehead atoms. The van der Waals surface area contributed by atoms with Gasteiger partial charge in [0.1, 0.15) is 23.9 Å². The highest BCUT2D eigenvalue weighted by molar-refractivity contribution is 6.31. The first kappa shape index (κ1) is 19.6. The molecule has 0 radical (unpaired) electrons. The van der Waals surface area contributed by atoms with E-state index in [0.29, 0.717) is 40.1 Å². The lowest BCUT2D eigenvalue weighted by Gasteiger charge is -2.12. The Labute approximate surface area is 168 Å². The van der Waals surface area contributed by atoms with Gasteiger partial charge in [-0.25, -0.2) is 0 Å². The van der Waals surface area contributed by atoms with E-state index < -0.39 is 0 Å². The molecule has 0 unspecified atom stereocenters. The van der Waals surface area contributed by atoms with E-state index in [-0.39, 0.29) is 5.91 Å². The van der Waals surface area contributed by atoms with Gasteiger partial charge < -0.3 is 19.5 Å². The predicted octanol–water partition coefficient (Wildman–Crippen LogP) is 5.19. The Morgan fingerprint density at radius 3 is 2.50 bits per heavy atom. The third kappa shape index (κ3) is 4.75. The van der Waals surface area contributed by atoms with Gasteiger partial charge in [-0.3, -0.25) is 4.79 Å². The number of hydrogen-bond donors (Lipinski definition) is 1. The largest absolute Gasteiger partial charge is 0.497 e. The molecule has 5 nitrogen and oxygen atoms in total. The number of halogens is 1.